The number of carbonyl (C=O) groups is 2. The molecule has 4 heterocycles. The zero-order chi connectivity index (χ0) is 24.1. The van der Waals surface area contributed by atoms with Gasteiger partial charge >= 0.3 is 0 Å². The van der Waals surface area contributed by atoms with E-state index in [2.05, 4.69) is 36.3 Å². The van der Waals surface area contributed by atoms with E-state index in [1.807, 2.05) is 19.1 Å². The number of carbonyl (C=O) groups excluding carboxylic acids is 2. The maximum Gasteiger partial charge on any atom is 0.263 e. The van der Waals surface area contributed by atoms with Crippen LogP contribution in [0, 0.1) is 0 Å². The van der Waals surface area contributed by atoms with E-state index in [1.165, 1.54) is 17.5 Å². The van der Waals surface area contributed by atoms with Crippen molar-refractivity contribution in [1.82, 2.24) is 25.3 Å². The molecule has 0 atom stereocenters. The van der Waals surface area contributed by atoms with Crippen molar-refractivity contribution in [3.63, 3.8) is 0 Å². The molecule has 1 aromatic carbocycles. The maximum atomic E-state index is 12.4. The van der Waals surface area contributed by atoms with Crippen LogP contribution in [0.5, 0.6) is 11.8 Å². The fourth-order valence-corrected chi connectivity index (χ4v) is 4.57. The van der Waals surface area contributed by atoms with Gasteiger partial charge in [0.2, 0.25) is 23.5 Å². The van der Waals surface area contributed by atoms with Crippen LogP contribution in [-0.2, 0) is 16.1 Å². The summed E-state index contributed by atoms with van der Waals surface area (Å²) in [6, 6.07) is 3.80. The van der Waals surface area contributed by atoms with Crippen LogP contribution in [0.4, 0.5) is 5.69 Å². The van der Waals surface area contributed by atoms with Gasteiger partial charge in [0.15, 0.2) is 0 Å². The van der Waals surface area contributed by atoms with Crippen LogP contribution in [0.2, 0.25) is 5.28 Å². The average molecular weight is 502 g/mol. The first-order valence-corrected chi connectivity index (χ1v) is 11.4. The van der Waals surface area contributed by atoms with E-state index in [-0.39, 0.29) is 29.4 Å². The Kier molecular flexibility index (Phi) is 7.30. The van der Waals surface area contributed by atoms with Gasteiger partial charge in [-0.15, -0.1) is 11.3 Å². The van der Waals surface area contributed by atoms with Crippen molar-refractivity contribution in [2.75, 3.05) is 25.0 Å². The van der Waals surface area contributed by atoms with Crippen molar-refractivity contribution in [2.45, 2.75) is 13.5 Å². The van der Waals surface area contributed by atoms with Crippen LogP contribution in [0.3, 0.4) is 0 Å². The third-order valence-corrected chi connectivity index (χ3v) is 6.05. The number of halogens is 1. The summed E-state index contributed by atoms with van der Waals surface area (Å²) < 4.78 is 12.3. The fraction of sp³-hybridized carbons (Fsp3) is 0.238. The summed E-state index contributed by atoms with van der Waals surface area (Å²) in [5, 5.41) is 7.18. The van der Waals surface area contributed by atoms with E-state index in [1.54, 1.807) is 6.20 Å². The van der Waals surface area contributed by atoms with Gasteiger partial charge in [-0.25, -0.2) is 15.0 Å². The van der Waals surface area contributed by atoms with Gasteiger partial charge in [-0.2, -0.15) is 4.98 Å². The third-order valence-electron chi connectivity index (χ3n) is 4.72. The summed E-state index contributed by atoms with van der Waals surface area (Å²) in [5.41, 5.74) is 6.95. The molecule has 34 heavy (non-hydrogen) atoms. The molecule has 13 heteroatoms. The maximum absolute atomic E-state index is 12.4. The minimum absolute atomic E-state index is 0.0658. The molecule has 2 amide bonds. The van der Waals surface area contributed by atoms with Crippen LogP contribution in [0.1, 0.15) is 22.2 Å². The molecule has 1 aliphatic heterocycles. The van der Waals surface area contributed by atoms with E-state index >= 15 is 0 Å². The number of primary amides is 1. The lowest BCUT2D eigenvalue weighted by Gasteiger charge is -2.10. The monoisotopic (exact) mass is 501 g/mol. The van der Waals surface area contributed by atoms with E-state index in [0.29, 0.717) is 47.8 Å². The van der Waals surface area contributed by atoms with Crippen molar-refractivity contribution < 1.29 is 19.1 Å². The number of ether oxygens (including phenoxy) is 2. The number of anilines is 1. The number of benzene rings is 1. The number of nitrogens with zero attached hydrogens (tertiary/aromatic N) is 4. The first-order valence-electron chi connectivity index (χ1n) is 10.2. The highest BCUT2D eigenvalue weighted by Gasteiger charge is 2.23. The summed E-state index contributed by atoms with van der Waals surface area (Å²) in [5.74, 6) is 0.460. The molecule has 4 N–H and O–H groups in total. The number of thiophene rings is 1. The number of hydrogen-bond donors (Lipinski definition) is 3. The average Bonchev–Trinajstić information content (AvgIpc) is 3.11. The standard InChI is InChI=1S/C20H17ClN6O3S.CH3NO/c1-2-29-9-10-7-25-20(21)27-19(10)30-13-8-24-15-11(26-13)3-4-12-14(15)16-17(31-12)18(28)23-6-5-22-16;2-1-3/h3-4,7-8,22H,2,5-6,9H2,1H3,(H,23,28);1H,(H2,2,3). The number of nitrogens with two attached hydrogens (primary N) is 1. The summed E-state index contributed by atoms with van der Waals surface area (Å²) in [6.45, 7) is 3.95. The molecule has 0 unspecified atom stereocenters. The molecule has 0 radical (unpaired) electrons. The molecule has 0 aliphatic carbocycles. The van der Waals surface area contributed by atoms with Gasteiger partial charge in [0.25, 0.3) is 5.91 Å². The zero-order valence-corrected chi connectivity index (χ0v) is 19.6. The van der Waals surface area contributed by atoms with Gasteiger partial charge in [-0.1, -0.05) is 0 Å². The Morgan fingerprint density at radius 1 is 1.21 bits per heavy atom. The quantitative estimate of drug-likeness (QED) is 0.276. The van der Waals surface area contributed by atoms with Crippen molar-refractivity contribution >= 4 is 62.1 Å². The van der Waals surface area contributed by atoms with Gasteiger partial charge in [-0.05, 0) is 30.7 Å². The largest absolute Gasteiger partial charge is 0.418 e. The molecule has 0 fully saturated rings. The molecule has 0 spiro atoms. The smallest absolute Gasteiger partial charge is 0.263 e. The number of aromatic nitrogens is 4. The second-order valence-corrected chi connectivity index (χ2v) is 8.24. The Balaban J connectivity index is 0.000000868. The van der Waals surface area contributed by atoms with Crippen LogP contribution < -0.4 is 21.1 Å². The van der Waals surface area contributed by atoms with E-state index in [9.17, 15) is 4.79 Å². The van der Waals surface area contributed by atoms with Crippen LogP contribution in [-0.4, -0.2) is 51.9 Å². The van der Waals surface area contributed by atoms with Crippen LogP contribution >= 0.6 is 22.9 Å². The fourth-order valence-electron chi connectivity index (χ4n) is 3.34. The number of hydrogen-bond acceptors (Lipinski definition) is 10. The molecule has 3 aromatic heterocycles. The highest BCUT2D eigenvalue weighted by molar-refractivity contribution is 7.21. The van der Waals surface area contributed by atoms with E-state index in [0.717, 1.165) is 15.8 Å². The van der Waals surface area contributed by atoms with Crippen molar-refractivity contribution in [3.8, 4) is 11.8 Å². The van der Waals surface area contributed by atoms with Crippen LogP contribution in [0.15, 0.2) is 24.5 Å². The molecule has 5 rings (SSSR count). The molecule has 11 nitrogen and oxygen atoms in total. The van der Waals surface area contributed by atoms with E-state index in [4.69, 9.17) is 25.9 Å². The topological polar surface area (TPSA) is 154 Å². The second kappa shape index (κ2) is 10.5. The molecule has 176 valence electrons. The first kappa shape index (κ1) is 23.5. The summed E-state index contributed by atoms with van der Waals surface area (Å²) in [6.07, 6.45) is 3.35. The van der Waals surface area contributed by atoms with E-state index < -0.39 is 0 Å². The molecule has 0 saturated heterocycles. The lowest BCUT2D eigenvalue weighted by Crippen LogP contribution is -2.24. The molecular weight excluding hydrogens is 482 g/mol. The SMILES string of the molecule is CCOCc1cnc(Cl)nc1Oc1cnc2c(ccc3sc4c(c32)NCCNC4=O)n1.NC=O. The molecule has 0 saturated carbocycles. The zero-order valence-electron chi connectivity index (χ0n) is 18.0. The van der Waals surface area contributed by atoms with Crippen LogP contribution in [0.25, 0.3) is 21.1 Å². The Hall–Kier alpha value is -3.61. The van der Waals surface area contributed by atoms with Crippen molar-refractivity contribution in [1.29, 1.82) is 0 Å². The predicted octanol–water partition coefficient (Wildman–Crippen LogP) is 2.87. The second-order valence-electron chi connectivity index (χ2n) is 6.85. The first-order chi connectivity index (χ1) is 16.5. The van der Waals surface area contributed by atoms with Gasteiger partial charge in [0.05, 0.1) is 35.1 Å². The Morgan fingerprint density at radius 2 is 2.00 bits per heavy atom. The third kappa shape index (κ3) is 4.83. The molecule has 1 aliphatic rings. The number of amides is 2. The van der Waals surface area contributed by atoms with Gasteiger partial charge in [0, 0.05) is 36.0 Å². The summed E-state index contributed by atoms with van der Waals surface area (Å²) in [4.78, 5) is 38.9. The van der Waals surface area contributed by atoms with Gasteiger partial charge < -0.3 is 25.8 Å². The molecule has 0 bridgehead atoms. The minimum Gasteiger partial charge on any atom is -0.418 e. The highest BCUT2D eigenvalue weighted by Crippen LogP contribution is 2.40. The number of fused-ring (bicyclic) bond motifs is 5. The Morgan fingerprint density at radius 3 is 2.79 bits per heavy atom. The Bertz CT molecular complexity index is 1360. The number of nitrogens with one attached hydrogen (secondary N) is 2. The van der Waals surface area contributed by atoms with Gasteiger partial charge in [-0.3, -0.25) is 9.59 Å². The lowest BCUT2D eigenvalue weighted by atomic mass is 10.1. The lowest BCUT2D eigenvalue weighted by molar-refractivity contribution is -0.106. The van der Waals surface area contributed by atoms with Crippen molar-refractivity contribution in [3.05, 3.63) is 40.3 Å². The summed E-state index contributed by atoms with van der Waals surface area (Å²) >= 11 is 7.37. The highest BCUT2D eigenvalue weighted by atomic mass is 35.5. The molecular formula is C21H20ClN7O4S. The molecule has 4 aromatic rings. The normalized spacial score (nSPS) is 12.7. The Labute approximate surface area is 202 Å². The number of rotatable bonds is 5. The van der Waals surface area contributed by atoms with Crippen molar-refractivity contribution in [2.24, 2.45) is 5.73 Å². The summed E-state index contributed by atoms with van der Waals surface area (Å²) in [7, 11) is 0. The minimum atomic E-state index is -0.0790. The van der Waals surface area contributed by atoms with Gasteiger partial charge in [0.1, 0.15) is 4.88 Å². The predicted molar refractivity (Wildman–Crippen MR) is 128 cm³/mol.